The number of hydrogen-bond donors (Lipinski definition) is 1. The summed E-state index contributed by atoms with van der Waals surface area (Å²) in [6, 6.07) is 0. The second kappa shape index (κ2) is 4.09. The number of ether oxygens (including phenoxy) is 1. The van der Waals surface area contributed by atoms with Crippen LogP contribution in [0.25, 0.3) is 0 Å². The Kier molecular flexibility index (Phi) is 2.83. The average Bonchev–Trinajstić information content (AvgIpc) is 2.12. The van der Waals surface area contributed by atoms with Crippen LogP contribution in [-0.2, 0) is 9.53 Å². The van der Waals surface area contributed by atoms with Gasteiger partial charge in [-0.3, -0.25) is 4.79 Å². The first kappa shape index (κ1) is 9.00. The van der Waals surface area contributed by atoms with Gasteiger partial charge < -0.3 is 10.1 Å². The van der Waals surface area contributed by atoms with Crippen molar-refractivity contribution in [1.29, 1.82) is 0 Å². The third-order valence-electron chi connectivity index (χ3n) is 2.97. The SMILES string of the molecule is O=C(OC1CCC1)[C@@H]1CCCNC1. The molecule has 1 saturated carbocycles. The molecule has 1 saturated heterocycles. The van der Waals surface area contributed by atoms with E-state index in [9.17, 15) is 4.79 Å². The maximum Gasteiger partial charge on any atom is 0.310 e. The van der Waals surface area contributed by atoms with Gasteiger partial charge in [0.25, 0.3) is 0 Å². The molecule has 0 aromatic heterocycles. The van der Waals surface area contributed by atoms with Gasteiger partial charge in [-0.15, -0.1) is 0 Å². The smallest absolute Gasteiger partial charge is 0.310 e. The van der Waals surface area contributed by atoms with E-state index in [1.54, 1.807) is 0 Å². The predicted octanol–water partition coefficient (Wildman–Crippen LogP) is 1.08. The predicted molar refractivity (Wildman–Crippen MR) is 49.3 cm³/mol. The lowest BCUT2D eigenvalue weighted by molar-refractivity contribution is -0.158. The van der Waals surface area contributed by atoms with E-state index in [0.29, 0.717) is 0 Å². The van der Waals surface area contributed by atoms with Gasteiger partial charge in [-0.2, -0.15) is 0 Å². The Hall–Kier alpha value is -0.570. The summed E-state index contributed by atoms with van der Waals surface area (Å²) >= 11 is 0. The zero-order valence-electron chi connectivity index (χ0n) is 7.92. The van der Waals surface area contributed by atoms with Gasteiger partial charge in [-0.25, -0.2) is 0 Å². The molecular weight excluding hydrogens is 166 g/mol. The number of esters is 1. The van der Waals surface area contributed by atoms with Crippen LogP contribution in [0.15, 0.2) is 0 Å². The van der Waals surface area contributed by atoms with Crippen molar-refractivity contribution < 1.29 is 9.53 Å². The van der Waals surface area contributed by atoms with Crippen molar-refractivity contribution in [3.63, 3.8) is 0 Å². The van der Waals surface area contributed by atoms with Crippen molar-refractivity contribution in [1.82, 2.24) is 5.32 Å². The summed E-state index contributed by atoms with van der Waals surface area (Å²) in [6.07, 6.45) is 5.72. The van der Waals surface area contributed by atoms with Gasteiger partial charge in [0.05, 0.1) is 5.92 Å². The van der Waals surface area contributed by atoms with Crippen LogP contribution < -0.4 is 5.32 Å². The molecule has 0 aromatic rings. The fourth-order valence-corrected chi connectivity index (χ4v) is 1.80. The molecule has 3 nitrogen and oxygen atoms in total. The van der Waals surface area contributed by atoms with Gasteiger partial charge in [0.15, 0.2) is 0 Å². The molecule has 0 bridgehead atoms. The number of hydrogen-bond acceptors (Lipinski definition) is 3. The molecule has 2 rings (SSSR count). The number of carbonyl (C=O) groups is 1. The van der Waals surface area contributed by atoms with E-state index >= 15 is 0 Å². The summed E-state index contributed by atoms with van der Waals surface area (Å²) in [5.41, 5.74) is 0. The zero-order chi connectivity index (χ0) is 9.10. The normalized spacial score (nSPS) is 29.4. The highest BCUT2D eigenvalue weighted by atomic mass is 16.5. The molecule has 0 aromatic carbocycles. The third-order valence-corrected chi connectivity index (χ3v) is 2.97. The summed E-state index contributed by atoms with van der Waals surface area (Å²) in [6.45, 7) is 1.86. The van der Waals surface area contributed by atoms with Crippen LogP contribution in [0.2, 0.25) is 0 Å². The first-order valence-corrected chi connectivity index (χ1v) is 5.27. The molecule has 1 atom stereocenters. The Morgan fingerprint density at radius 1 is 1.23 bits per heavy atom. The number of nitrogens with one attached hydrogen (secondary N) is 1. The third kappa shape index (κ3) is 2.21. The van der Waals surface area contributed by atoms with Crippen LogP contribution in [0.4, 0.5) is 0 Å². The molecule has 13 heavy (non-hydrogen) atoms. The lowest BCUT2D eigenvalue weighted by Gasteiger charge is -2.28. The van der Waals surface area contributed by atoms with E-state index in [-0.39, 0.29) is 18.0 Å². The summed E-state index contributed by atoms with van der Waals surface area (Å²) in [5, 5.41) is 3.22. The van der Waals surface area contributed by atoms with E-state index in [0.717, 1.165) is 38.8 Å². The molecule has 1 aliphatic heterocycles. The van der Waals surface area contributed by atoms with Gasteiger partial charge in [0.2, 0.25) is 0 Å². The average molecular weight is 183 g/mol. The monoisotopic (exact) mass is 183 g/mol. The molecule has 0 spiro atoms. The Bertz CT molecular complexity index is 183. The summed E-state index contributed by atoms with van der Waals surface area (Å²) in [4.78, 5) is 11.5. The minimum absolute atomic E-state index is 0.0249. The Labute approximate surface area is 78.8 Å². The first-order chi connectivity index (χ1) is 6.36. The summed E-state index contributed by atoms with van der Waals surface area (Å²) in [5.74, 6) is 0.145. The minimum Gasteiger partial charge on any atom is -0.462 e. The first-order valence-electron chi connectivity index (χ1n) is 5.27. The molecular formula is C10H17NO2. The van der Waals surface area contributed by atoms with Crippen molar-refractivity contribution >= 4 is 5.97 Å². The highest BCUT2D eigenvalue weighted by Gasteiger charge is 2.27. The molecule has 0 amide bonds. The van der Waals surface area contributed by atoms with Crippen molar-refractivity contribution in [2.75, 3.05) is 13.1 Å². The largest absolute Gasteiger partial charge is 0.462 e. The molecule has 1 heterocycles. The standard InChI is InChI=1S/C10H17NO2/c12-10(13-9-4-1-5-9)8-3-2-6-11-7-8/h8-9,11H,1-7H2/t8-/m1/s1. The lowest BCUT2D eigenvalue weighted by Crippen LogP contribution is -2.37. The van der Waals surface area contributed by atoms with Gasteiger partial charge in [0, 0.05) is 6.54 Å². The Morgan fingerprint density at radius 2 is 2.08 bits per heavy atom. The van der Waals surface area contributed by atoms with Crippen LogP contribution in [0.1, 0.15) is 32.1 Å². The minimum atomic E-state index is 0.0249. The fraction of sp³-hybridized carbons (Fsp3) is 0.900. The van der Waals surface area contributed by atoms with Crippen LogP contribution in [0.3, 0.4) is 0 Å². The molecule has 2 aliphatic rings. The highest BCUT2D eigenvalue weighted by molar-refractivity contribution is 5.73. The van der Waals surface area contributed by atoms with Gasteiger partial charge >= 0.3 is 5.97 Å². The van der Waals surface area contributed by atoms with Crippen molar-refractivity contribution in [3.8, 4) is 0 Å². The van der Waals surface area contributed by atoms with E-state index in [1.807, 2.05) is 0 Å². The zero-order valence-corrected chi connectivity index (χ0v) is 7.92. The van der Waals surface area contributed by atoms with Crippen molar-refractivity contribution in [2.45, 2.75) is 38.2 Å². The maximum atomic E-state index is 11.5. The molecule has 2 fully saturated rings. The number of piperidine rings is 1. The van der Waals surface area contributed by atoms with E-state index in [4.69, 9.17) is 4.74 Å². The summed E-state index contributed by atoms with van der Waals surface area (Å²) < 4.78 is 5.35. The van der Waals surface area contributed by atoms with E-state index < -0.39 is 0 Å². The highest BCUT2D eigenvalue weighted by Crippen LogP contribution is 2.24. The quantitative estimate of drug-likeness (QED) is 0.651. The fourth-order valence-electron chi connectivity index (χ4n) is 1.80. The second-order valence-electron chi connectivity index (χ2n) is 4.03. The molecule has 74 valence electrons. The van der Waals surface area contributed by atoms with Gasteiger partial charge in [0.1, 0.15) is 6.10 Å². The second-order valence-corrected chi connectivity index (χ2v) is 4.03. The van der Waals surface area contributed by atoms with E-state index in [1.165, 1.54) is 6.42 Å². The topological polar surface area (TPSA) is 38.3 Å². The molecule has 3 heteroatoms. The molecule has 1 N–H and O–H groups in total. The Balaban J connectivity index is 1.74. The van der Waals surface area contributed by atoms with Crippen molar-refractivity contribution in [3.05, 3.63) is 0 Å². The van der Waals surface area contributed by atoms with Gasteiger partial charge in [-0.1, -0.05) is 0 Å². The maximum absolute atomic E-state index is 11.5. The molecule has 0 unspecified atom stereocenters. The van der Waals surface area contributed by atoms with Crippen LogP contribution in [0.5, 0.6) is 0 Å². The Morgan fingerprint density at radius 3 is 2.62 bits per heavy atom. The van der Waals surface area contributed by atoms with E-state index in [2.05, 4.69) is 5.32 Å². The molecule has 1 aliphatic carbocycles. The van der Waals surface area contributed by atoms with Crippen LogP contribution in [0, 0.1) is 5.92 Å². The summed E-state index contributed by atoms with van der Waals surface area (Å²) in [7, 11) is 0. The van der Waals surface area contributed by atoms with Crippen molar-refractivity contribution in [2.24, 2.45) is 5.92 Å². The van der Waals surface area contributed by atoms with Crippen LogP contribution >= 0.6 is 0 Å². The molecule has 0 radical (unpaired) electrons. The number of rotatable bonds is 2. The number of carbonyl (C=O) groups excluding carboxylic acids is 1. The van der Waals surface area contributed by atoms with Gasteiger partial charge in [-0.05, 0) is 38.6 Å². The van der Waals surface area contributed by atoms with Crippen LogP contribution in [-0.4, -0.2) is 25.2 Å². The lowest BCUT2D eigenvalue weighted by atomic mass is 9.95.